The van der Waals surface area contributed by atoms with E-state index in [2.05, 4.69) is 10.5 Å². The van der Waals surface area contributed by atoms with Gasteiger partial charge in [0.15, 0.2) is 0 Å². The van der Waals surface area contributed by atoms with Crippen LogP contribution in [0.25, 0.3) is 0 Å². The van der Waals surface area contributed by atoms with E-state index in [1.807, 2.05) is 69.3 Å². The Morgan fingerprint density at radius 3 is 2.51 bits per heavy atom. The van der Waals surface area contributed by atoms with Crippen molar-refractivity contribution in [1.82, 2.24) is 20.3 Å². The lowest BCUT2D eigenvalue weighted by Gasteiger charge is -2.38. The van der Waals surface area contributed by atoms with Gasteiger partial charge in [-0.2, -0.15) is 0 Å². The molecule has 0 spiro atoms. The van der Waals surface area contributed by atoms with E-state index in [4.69, 9.17) is 14.0 Å². The maximum absolute atomic E-state index is 13.3. The van der Waals surface area contributed by atoms with Crippen LogP contribution in [0.5, 0.6) is 11.5 Å². The first-order chi connectivity index (χ1) is 19.8. The summed E-state index contributed by atoms with van der Waals surface area (Å²) >= 11 is 0. The predicted molar refractivity (Wildman–Crippen MR) is 151 cm³/mol. The standard InChI is InChI=1S/C31H36N4O6/c1-4-34-18-29(36)32-26-17-35(31(38)28-16-25(20(2)3)33-41-28)12-11-27(26)39-19-22-8-6-10-24(14-22)40-23-9-5-7-21(13-23)15-30(34)37/h5-10,13-14,16,20,26-27H,4,11-12,15,17-19H2,1-3H3,(H,32,36)/t26-,27-/m0/s1. The number of benzene rings is 2. The number of rotatable bonds is 3. The summed E-state index contributed by atoms with van der Waals surface area (Å²) in [6.45, 7) is 7.07. The number of carbonyl (C=O) groups excluding carboxylic acids is 3. The Labute approximate surface area is 239 Å². The molecule has 3 amide bonds. The van der Waals surface area contributed by atoms with Crippen molar-refractivity contribution in [3.63, 3.8) is 0 Å². The number of piperidine rings is 1. The Bertz CT molecular complexity index is 1400. The quantitative estimate of drug-likeness (QED) is 0.517. The number of hydrogen-bond acceptors (Lipinski definition) is 7. The zero-order valence-corrected chi connectivity index (χ0v) is 23.7. The Balaban J connectivity index is 1.38. The molecule has 2 aliphatic rings. The number of ether oxygens (including phenoxy) is 2. The third-order valence-corrected chi connectivity index (χ3v) is 7.43. The number of aromatic nitrogens is 1. The summed E-state index contributed by atoms with van der Waals surface area (Å²) in [4.78, 5) is 42.8. The van der Waals surface area contributed by atoms with E-state index >= 15 is 0 Å². The van der Waals surface area contributed by atoms with Crippen LogP contribution < -0.4 is 10.1 Å². The molecule has 3 aromatic rings. The molecule has 10 nitrogen and oxygen atoms in total. The van der Waals surface area contributed by atoms with Crippen LogP contribution in [-0.4, -0.2) is 71.0 Å². The molecule has 0 saturated carbocycles. The van der Waals surface area contributed by atoms with Gasteiger partial charge < -0.3 is 29.1 Å². The number of nitrogens with zero attached hydrogens (tertiary/aromatic N) is 3. The number of likely N-dealkylation sites (tertiary alicyclic amines) is 1. The molecule has 2 aliphatic heterocycles. The van der Waals surface area contributed by atoms with Crippen molar-refractivity contribution in [1.29, 1.82) is 0 Å². The second-order valence-electron chi connectivity index (χ2n) is 10.8. The van der Waals surface area contributed by atoms with Gasteiger partial charge in [0.2, 0.25) is 17.6 Å². The van der Waals surface area contributed by atoms with E-state index in [0.717, 1.165) is 11.1 Å². The molecule has 3 heterocycles. The molecule has 2 aromatic carbocycles. The summed E-state index contributed by atoms with van der Waals surface area (Å²) in [6.07, 6.45) is 0.316. The Morgan fingerprint density at radius 1 is 1.07 bits per heavy atom. The summed E-state index contributed by atoms with van der Waals surface area (Å²) in [6, 6.07) is 16.2. The van der Waals surface area contributed by atoms with Crippen LogP contribution in [0.15, 0.2) is 59.1 Å². The van der Waals surface area contributed by atoms with Crippen molar-refractivity contribution < 1.29 is 28.4 Å². The second kappa shape index (κ2) is 12.6. The summed E-state index contributed by atoms with van der Waals surface area (Å²) < 4.78 is 17.7. The molecule has 41 heavy (non-hydrogen) atoms. The van der Waals surface area contributed by atoms with E-state index in [9.17, 15) is 14.4 Å². The van der Waals surface area contributed by atoms with E-state index in [0.29, 0.717) is 43.3 Å². The number of fused-ring (bicyclic) bond motifs is 5. The van der Waals surface area contributed by atoms with Crippen LogP contribution in [0, 0.1) is 0 Å². The van der Waals surface area contributed by atoms with Crippen molar-refractivity contribution in [3.8, 4) is 11.5 Å². The van der Waals surface area contributed by atoms with E-state index in [-0.39, 0.29) is 55.0 Å². The minimum absolute atomic E-state index is 0.0939. The predicted octanol–water partition coefficient (Wildman–Crippen LogP) is 3.91. The van der Waals surface area contributed by atoms with Crippen molar-refractivity contribution in [2.45, 2.75) is 58.3 Å². The van der Waals surface area contributed by atoms with Crippen molar-refractivity contribution in [2.75, 3.05) is 26.2 Å². The largest absolute Gasteiger partial charge is 0.457 e. The zero-order valence-electron chi connectivity index (χ0n) is 23.7. The SMILES string of the molecule is CCN1CC(=O)N[C@H]2CN(C(=O)c3cc(C(C)C)no3)CC[C@@H]2OCc2cccc(c2)Oc2cccc(c2)CC1=O. The van der Waals surface area contributed by atoms with E-state index in [1.165, 1.54) is 4.90 Å². The second-order valence-corrected chi connectivity index (χ2v) is 10.8. The third-order valence-electron chi connectivity index (χ3n) is 7.43. The number of amides is 3. The molecule has 0 aliphatic carbocycles. The maximum Gasteiger partial charge on any atom is 0.292 e. The first-order valence-electron chi connectivity index (χ1n) is 14.1. The first kappa shape index (κ1) is 28.4. The minimum Gasteiger partial charge on any atom is -0.457 e. The van der Waals surface area contributed by atoms with Crippen LogP contribution in [0.2, 0.25) is 0 Å². The smallest absolute Gasteiger partial charge is 0.292 e. The van der Waals surface area contributed by atoms with Crippen LogP contribution in [0.3, 0.4) is 0 Å². The fraction of sp³-hybridized carbons (Fsp3) is 0.419. The monoisotopic (exact) mass is 560 g/mol. The van der Waals surface area contributed by atoms with Gasteiger partial charge >= 0.3 is 0 Å². The lowest BCUT2D eigenvalue weighted by Crippen LogP contribution is -2.58. The summed E-state index contributed by atoms with van der Waals surface area (Å²) in [7, 11) is 0. The van der Waals surface area contributed by atoms with Crippen LogP contribution in [0.1, 0.15) is 60.5 Å². The van der Waals surface area contributed by atoms with Gasteiger partial charge in [0, 0.05) is 25.7 Å². The molecule has 2 atom stereocenters. The summed E-state index contributed by atoms with van der Waals surface area (Å²) in [5, 5.41) is 7.06. The van der Waals surface area contributed by atoms with E-state index in [1.54, 1.807) is 11.0 Å². The van der Waals surface area contributed by atoms with Gasteiger partial charge in [-0.1, -0.05) is 43.3 Å². The Kier molecular flexibility index (Phi) is 8.68. The minimum atomic E-state index is -0.480. The maximum atomic E-state index is 13.3. The van der Waals surface area contributed by atoms with Gasteiger partial charge in [-0.05, 0) is 54.7 Å². The number of hydrogen-bond donors (Lipinski definition) is 1. The molecule has 0 radical (unpaired) electrons. The van der Waals surface area contributed by atoms with Crippen molar-refractivity contribution in [3.05, 3.63) is 77.2 Å². The molecule has 1 aromatic heterocycles. The summed E-state index contributed by atoms with van der Waals surface area (Å²) in [5.41, 5.74) is 2.42. The molecule has 216 valence electrons. The lowest BCUT2D eigenvalue weighted by atomic mass is 10.0. The van der Waals surface area contributed by atoms with Gasteiger partial charge in [0.25, 0.3) is 5.91 Å². The first-order valence-corrected chi connectivity index (χ1v) is 14.1. The van der Waals surface area contributed by atoms with Crippen LogP contribution >= 0.6 is 0 Å². The highest BCUT2D eigenvalue weighted by Gasteiger charge is 2.35. The fourth-order valence-corrected chi connectivity index (χ4v) is 5.12. The average molecular weight is 561 g/mol. The van der Waals surface area contributed by atoms with Gasteiger partial charge in [-0.3, -0.25) is 14.4 Å². The van der Waals surface area contributed by atoms with Crippen molar-refractivity contribution >= 4 is 17.7 Å². The molecule has 10 heteroatoms. The molecule has 4 bridgehead atoms. The summed E-state index contributed by atoms with van der Waals surface area (Å²) in [5.74, 6) is 0.844. The van der Waals surface area contributed by atoms with Gasteiger partial charge in [-0.15, -0.1) is 0 Å². The average Bonchev–Trinajstić information content (AvgIpc) is 3.46. The van der Waals surface area contributed by atoms with E-state index < -0.39 is 6.04 Å². The Morgan fingerprint density at radius 2 is 1.80 bits per heavy atom. The molecular formula is C31H36N4O6. The fourth-order valence-electron chi connectivity index (χ4n) is 5.12. The number of likely N-dealkylation sites (N-methyl/N-ethyl adjacent to an activating group) is 1. The molecule has 1 saturated heterocycles. The third kappa shape index (κ3) is 6.94. The Hall–Kier alpha value is -4.18. The highest BCUT2D eigenvalue weighted by molar-refractivity contribution is 5.91. The topological polar surface area (TPSA) is 114 Å². The molecule has 0 unspecified atom stereocenters. The van der Waals surface area contributed by atoms with Crippen molar-refractivity contribution in [2.24, 2.45) is 0 Å². The van der Waals surface area contributed by atoms with Gasteiger partial charge in [-0.25, -0.2) is 0 Å². The van der Waals surface area contributed by atoms with Crippen LogP contribution in [0.4, 0.5) is 0 Å². The highest BCUT2D eigenvalue weighted by atomic mass is 16.5. The lowest BCUT2D eigenvalue weighted by molar-refractivity contribution is -0.136. The normalized spacial score (nSPS) is 20.2. The molecule has 1 N–H and O–H groups in total. The van der Waals surface area contributed by atoms with Crippen LogP contribution in [-0.2, 0) is 27.4 Å². The highest BCUT2D eigenvalue weighted by Crippen LogP contribution is 2.26. The van der Waals surface area contributed by atoms with Gasteiger partial charge in [0.05, 0.1) is 37.4 Å². The molecule has 5 rings (SSSR count). The number of nitrogens with one attached hydrogen (secondary N) is 1. The zero-order chi connectivity index (χ0) is 28.9. The molecular weight excluding hydrogens is 524 g/mol. The number of carbonyl (C=O) groups is 3. The molecule has 1 fully saturated rings. The van der Waals surface area contributed by atoms with Gasteiger partial charge in [0.1, 0.15) is 11.5 Å².